The van der Waals surface area contributed by atoms with Gasteiger partial charge in [-0.05, 0) is 74.7 Å². The molecule has 0 aliphatic heterocycles. The molecule has 1 aromatic carbocycles. The Bertz CT molecular complexity index is 666. The number of amides is 2. The van der Waals surface area contributed by atoms with Gasteiger partial charge in [-0.1, -0.05) is 0 Å². The van der Waals surface area contributed by atoms with E-state index < -0.39 is 37.2 Å². The lowest BCUT2D eigenvalue weighted by Gasteiger charge is -2.21. The number of hydrogen-bond donors (Lipinski definition) is 6. The number of aliphatic hydroxyl groups is 3. The van der Waals surface area contributed by atoms with E-state index in [1.165, 1.54) is 0 Å². The van der Waals surface area contributed by atoms with Crippen LogP contribution in [0.3, 0.4) is 0 Å². The van der Waals surface area contributed by atoms with E-state index in [0.717, 1.165) is 0 Å². The van der Waals surface area contributed by atoms with Crippen LogP contribution >= 0.6 is 67.8 Å². The summed E-state index contributed by atoms with van der Waals surface area (Å²) in [5, 5.41) is 33.3. The van der Waals surface area contributed by atoms with Gasteiger partial charge in [0.15, 0.2) is 0 Å². The number of hydrogen-bond acceptors (Lipinski definition) is 6. The van der Waals surface area contributed by atoms with Gasteiger partial charge in [0.05, 0.1) is 49.3 Å². The second kappa shape index (κ2) is 10.4. The van der Waals surface area contributed by atoms with Gasteiger partial charge in [-0.25, -0.2) is 0 Å². The number of halogens is 3. The van der Waals surface area contributed by atoms with Crippen molar-refractivity contribution >= 4 is 85.3 Å². The quantitative estimate of drug-likeness (QED) is 0.219. The van der Waals surface area contributed by atoms with Crippen LogP contribution in [0.4, 0.5) is 5.69 Å². The highest BCUT2D eigenvalue weighted by Crippen LogP contribution is 2.35. The summed E-state index contributed by atoms with van der Waals surface area (Å²) in [6.07, 6.45) is -0.631. The first-order chi connectivity index (χ1) is 11.6. The lowest BCUT2D eigenvalue weighted by Crippen LogP contribution is -2.41. The molecule has 1 rings (SSSR count). The van der Waals surface area contributed by atoms with Crippen molar-refractivity contribution in [1.82, 2.24) is 5.32 Å². The molecule has 8 nitrogen and oxygen atoms in total. The number of nitrogens with one attached hydrogen (secondary N) is 2. The smallest absolute Gasteiger partial charge is 0.253 e. The van der Waals surface area contributed by atoms with Crippen LogP contribution in [0.1, 0.15) is 27.6 Å². The van der Waals surface area contributed by atoms with Crippen LogP contribution in [0.25, 0.3) is 0 Å². The molecule has 0 bridgehead atoms. The largest absolute Gasteiger partial charge is 0.394 e. The van der Waals surface area contributed by atoms with Crippen molar-refractivity contribution in [2.75, 3.05) is 25.1 Å². The molecule has 2 amide bonds. The molecule has 0 aliphatic carbocycles. The molecule has 1 aromatic rings. The molecule has 0 aliphatic rings. The Labute approximate surface area is 185 Å². The van der Waals surface area contributed by atoms with Crippen LogP contribution < -0.4 is 16.4 Å². The van der Waals surface area contributed by atoms with Gasteiger partial charge in [0.1, 0.15) is 0 Å². The number of anilines is 1. The Kier molecular flexibility index (Phi) is 9.58. The predicted molar refractivity (Wildman–Crippen MR) is 119 cm³/mol. The fourth-order valence-electron chi connectivity index (χ4n) is 1.89. The second-order valence-electron chi connectivity index (χ2n) is 5.20. The van der Waals surface area contributed by atoms with Crippen molar-refractivity contribution < 1.29 is 24.9 Å². The highest BCUT2D eigenvalue weighted by molar-refractivity contribution is 14.1. The minimum absolute atomic E-state index is 0.199. The van der Waals surface area contributed by atoms with Crippen molar-refractivity contribution in [3.8, 4) is 0 Å². The molecule has 0 radical (unpaired) electrons. The first-order valence-corrected chi connectivity index (χ1v) is 10.3. The van der Waals surface area contributed by atoms with Crippen LogP contribution in [0.5, 0.6) is 0 Å². The number of primary amides is 1. The summed E-state index contributed by atoms with van der Waals surface area (Å²) < 4.78 is 1.48. The predicted octanol–water partition coefficient (Wildman–Crippen LogP) is 0.475. The summed E-state index contributed by atoms with van der Waals surface area (Å²) in [6, 6.07) is -0.815. The number of nitrogens with two attached hydrogens (primary N) is 1. The lowest BCUT2D eigenvalue weighted by molar-refractivity contribution is 0.0877. The number of benzene rings is 1. The molecule has 0 aromatic heterocycles. The molecule has 140 valence electrons. The zero-order valence-electron chi connectivity index (χ0n) is 13.1. The summed E-state index contributed by atoms with van der Waals surface area (Å²) >= 11 is 5.82. The summed E-state index contributed by atoms with van der Waals surface area (Å²) in [6.45, 7) is 0.988. The minimum atomic E-state index is -0.815. The van der Waals surface area contributed by atoms with E-state index in [1.807, 2.05) is 67.8 Å². The van der Waals surface area contributed by atoms with E-state index in [9.17, 15) is 14.7 Å². The standard InChI is InChI=1S/C14H18I3N3O5/c1-5(23)2-19-12-10(16)7(13(18)24)9(15)8(11(12)17)14(25)20-6(3-21)4-22/h5-6,19,21-23H,2-4H2,1H3,(H2,18,24)(H,20,25). The minimum Gasteiger partial charge on any atom is -0.394 e. The SMILES string of the molecule is CC(O)CNc1c(I)c(C(N)=O)c(I)c(C(=O)NC(CO)CO)c1I. The highest BCUT2D eigenvalue weighted by Gasteiger charge is 2.27. The number of carbonyl (C=O) groups is 2. The van der Waals surface area contributed by atoms with Gasteiger partial charge in [-0.3, -0.25) is 9.59 Å². The molecule has 0 fully saturated rings. The Balaban J connectivity index is 3.49. The maximum Gasteiger partial charge on any atom is 0.253 e. The maximum absolute atomic E-state index is 12.6. The molecule has 25 heavy (non-hydrogen) atoms. The van der Waals surface area contributed by atoms with Gasteiger partial charge in [-0.2, -0.15) is 0 Å². The fraction of sp³-hybridized carbons (Fsp3) is 0.429. The van der Waals surface area contributed by atoms with Crippen LogP contribution in [0.2, 0.25) is 0 Å². The Hall–Kier alpha value is 0.0300. The van der Waals surface area contributed by atoms with Crippen molar-refractivity contribution in [3.63, 3.8) is 0 Å². The van der Waals surface area contributed by atoms with E-state index in [1.54, 1.807) is 6.92 Å². The zero-order valence-corrected chi connectivity index (χ0v) is 19.6. The second-order valence-corrected chi connectivity index (χ2v) is 8.43. The Morgan fingerprint density at radius 2 is 1.60 bits per heavy atom. The van der Waals surface area contributed by atoms with Crippen LogP contribution in [0, 0.1) is 10.7 Å². The third-order valence-electron chi connectivity index (χ3n) is 3.14. The van der Waals surface area contributed by atoms with Gasteiger partial charge in [0.25, 0.3) is 11.8 Å². The van der Waals surface area contributed by atoms with Crippen LogP contribution in [-0.4, -0.2) is 59.0 Å². The summed E-state index contributed by atoms with van der Waals surface area (Å²) in [5.74, 6) is -1.22. The van der Waals surface area contributed by atoms with Crippen LogP contribution in [0.15, 0.2) is 0 Å². The first-order valence-electron chi connectivity index (χ1n) is 7.10. The molecular formula is C14H18I3N3O5. The average Bonchev–Trinajstić information content (AvgIpc) is 2.51. The number of rotatable bonds is 8. The summed E-state index contributed by atoms with van der Waals surface area (Å²) in [4.78, 5) is 24.5. The molecular weight excluding hydrogens is 671 g/mol. The Morgan fingerprint density at radius 3 is 2.04 bits per heavy atom. The maximum atomic E-state index is 12.6. The van der Waals surface area contributed by atoms with E-state index >= 15 is 0 Å². The Morgan fingerprint density at radius 1 is 1.08 bits per heavy atom. The van der Waals surface area contributed by atoms with Gasteiger partial charge in [-0.15, -0.1) is 0 Å². The van der Waals surface area contributed by atoms with E-state index in [-0.39, 0.29) is 17.7 Å². The lowest BCUT2D eigenvalue weighted by atomic mass is 10.1. The first kappa shape index (κ1) is 23.1. The molecule has 1 unspecified atom stereocenters. The molecule has 7 N–H and O–H groups in total. The van der Waals surface area contributed by atoms with Gasteiger partial charge in [0, 0.05) is 10.1 Å². The molecule has 0 saturated carbocycles. The van der Waals surface area contributed by atoms with Crippen molar-refractivity contribution in [2.24, 2.45) is 5.73 Å². The van der Waals surface area contributed by atoms with Crippen molar-refractivity contribution in [1.29, 1.82) is 0 Å². The molecule has 11 heteroatoms. The topological polar surface area (TPSA) is 145 Å². The van der Waals surface area contributed by atoms with E-state index in [2.05, 4.69) is 10.6 Å². The van der Waals surface area contributed by atoms with Gasteiger partial charge < -0.3 is 31.7 Å². The molecule has 1 atom stereocenters. The average molecular weight is 689 g/mol. The molecule has 0 spiro atoms. The number of aliphatic hydroxyl groups excluding tert-OH is 3. The summed E-state index contributed by atoms with van der Waals surface area (Å²) in [7, 11) is 0. The van der Waals surface area contributed by atoms with Crippen molar-refractivity contribution in [2.45, 2.75) is 19.1 Å². The normalized spacial score (nSPS) is 12.2. The summed E-state index contributed by atoms with van der Waals surface area (Å²) in [5.41, 5.74) is 6.41. The molecule has 0 heterocycles. The fourth-order valence-corrected chi connectivity index (χ4v) is 6.46. The third-order valence-corrected chi connectivity index (χ3v) is 6.38. The zero-order chi connectivity index (χ0) is 19.3. The van der Waals surface area contributed by atoms with Gasteiger partial charge >= 0.3 is 0 Å². The van der Waals surface area contributed by atoms with E-state index in [4.69, 9.17) is 15.9 Å². The molecule has 0 saturated heterocycles. The number of carbonyl (C=O) groups excluding carboxylic acids is 2. The van der Waals surface area contributed by atoms with Crippen LogP contribution in [-0.2, 0) is 0 Å². The van der Waals surface area contributed by atoms with Gasteiger partial charge in [0.2, 0.25) is 0 Å². The highest BCUT2D eigenvalue weighted by atomic mass is 127. The monoisotopic (exact) mass is 689 g/mol. The third kappa shape index (κ3) is 5.75. The van der Waals surface area contributed by atoms with Crippen molar-refractivity contribution in [3.05, 3.63) is 21.8 Å². The van der Waals surface area contributed by atoms with E-state index in [0.29, 0.717) is 16.4 Å².